The Labute approximate surface area is 260 Å². The van der Waals surface area contributed by atoms with Crippen molar-refractivity contribution in [2.24, 2.45) is 0 Å². The van der Waals surface area contributed by atoms with Crippen LogP contribution >= 0.6 is 11.3 Å². The highest BCUT2D eigenvalue weighted by molar-refractivity contribution is 7.17. The van der Waals surface area contributed by atoms with E-state index in [4.69, 9.17) is 4.42 Å². The van der Waals surface area contributed by atoms with Crippen molar-refractivity contribution >= 4 is 81.3 Å². The van der Waals surface area contributed by atoms with E-state index in [1.54, 1.807) is 0 Å². The zero-order valence-electron chi connectivity index (χ0n) is 24.0. The number of rotatable bonds is 2. The Balaban J connectivity index is 1.23. The van der Waals surface area contributed by atoms with E-state index in [1.807, 2.05) is 34.9 Å². The monoisotopic (exact) mass is 593 g/mol. The lowest BCUT2D eigenvalue weighted by Gasteiger charge is -2.12. The van der Waals surface area contributed by atoms with Crippen LogP contribution < -0.4 is 4.74 Å². The number of hydrogen-bond donors (Lipinski definition) is 0. The molecule has 7 aromatic carbocycles. The van der Waals surface area contributed by atoms with Crippen molar-refractivity contribution in [3.05, 3.63) is 149 Å². The standard InChI is InChI=1S/C41H23NO2S/c43-41-36-15-7-21-42(36)35-14-5-13-32(40(35)45-41)31-12-6-16-38-39(31)34-23-25(18-20-37(34)44-38)24-17-19-30-28-10-2-1-8-26(28)27-9-3-4-11-29(27)33(30)22-24/h1-23H. The number of benzene rings is 7. The van der Waals surface area contributed by atoms with Gasteiger partial charge in [-0.15, -0.1) is 0 Å². The minimum absolute atomic E-state index is 0.0584. The third-order valence-electron chi connectivity index (χ3n) is 9.27. The second-order valence-corrected chi connectivity index (χ2v) is 12.6. The molecule has 10 rings (SSSR count). The highest BCUT2D eigenvalue weighted by Gasteiger charge is 2.17. The zero-order valence-corrected chi connectivity index (χ0v) is 24.8. The van der Waals surface area contributed by atoms with Crippen molar-refractivity contribution in [2.45, 2.75) is 0 Å². The number of hydrogen-bond acceptors (Lipinski definition) is 3. The largest absolute Gasteiger partial charge is 0.456 e. The lowest BCUT2D eigenvalue weighted by atomic mass is 9.91. The van der Waals surface area contributed by atoms with Gasteiger partial charge in [0.25, 0.3) is 4.74 Å². The lowest BCUT2D eigenvalue weighted by molar-refractivity contribution is 0.669. The van der Waals surface area contributed by atoms with Crippen molar-refractivity contribution in [1.29, 1.82) is 0 Å². The first-order valence-electron chi connectivity index (χ1n) is 15.1. The summed E-state index contributed by atoms with van der Waals surface area (Å²) in [5.41, 5.74) is 7.81. The summed E-state index contributed by atoms with van der Waals surface area (Å²) in [5.74, 6) is 0. The van der Waals surface area contributed by atoms with Crippen molar-refractivity contribution in [3.63, 3.8) is 0 Å². The van der Waals surface area contributed by atoms with Crippen LogP contribution in [0.1, 0.15) is 0 Å². The average molecular weight is 594 g/mol. The SMILES string of the molecule is O=c1sc2c(-c3cccc4oc5ccc(-c6ccc7c8ccccc8c8ccccc8c7c6)cc5c34)cccc2n2cccc12. The number of furan rings is 1. The molecule has 0 aliphatic rings. The summed E-state index contributed by atoms with van der Waals surface area (Å²) in [6, 6.07) is 47.0. The van der Waals surface area contributed by atoms with Crippen LogP contribution in [0.15, 0.2) is 149 Å². The van der Waals surface area contributed by atoms with Gasteiger partial charge in [0.2, 0.25) is 0 Å². The molecule has 0 bridgehead atoms. The first-order chi connectivity index (χ1) is 22.2. The molecule has 210 valence electrons. The molecule has 3 heterocycles. The molecule has 0 aliphatic heterocycles. The van der Waals surface area contributed by atoms with Crippen LogP contribution in [0.25, 0.3) is 92.2 Å². The van der Waals surface area contributed by atoms with Gasteiger partial charge in [0.1, 0.15) is 16.7 Å². The molecule has 0 radical (unpaired) electrons. The minimum Gasteiger partial charge on any atom is -0.456 e. The molecule has 4 heteroatoms. The lowest BCUT2D eigenvalue weighted by Crippen LogP contribution is -2.00. The van der Waals surface area contributed by atoms with Gasteiger partial charge in [-0.2, -0.15) is 0 Å². The van der Waals surface area contributed by atoms with Crippen molar-refractivity contribution in [2.75, 3.05) is 0 Å². The number of fused-ring (bicyclic) bond motifs is 12. The summed E-state index contributed by atoms with van der Waals surface area (Å²) in [6.45, 7) is 0. The minimum atomic E-state index is 0.0584. The highest BCUT2D eigenvalue weighted by Crippen LogP contribution is 2.42. The topological polar surface area (TPSA) is 34.6 Å². The van der Waals surface area contributed by atoms with Crippen LogP contribution in [0.2, 0.25) is 0 Å². The molecule has 0 amide bonds. The molecule has 0 unspecified atom stereocenters. The maximum Gasteiger partial charge on any atom is 0.256 e. The van der Waals surface area contributed by atoms with Gasteiger partial charge >= 0.3 is 0 Å². The fourth-order valence-corrected chi connectivity index (χ4v) is 8.27. The Morgan fingerprint density at radius 3 is 1.89 bits per heavy atom. The van der Waals surface area contributed by atoms with E-state index in [-0.39, 0.29) is 4.74 Å². The Hall–Kier alpha value is -5.71. The molecule has 3 aromatic heterocycles. The van der Waals surface area contributed by atoms with Gasteiger partial charge in [0, 0.05) is 22.5 Å². The molecule has 45 heavy (non-hydrogen) atoms. The zero-order chi connectivity index (χ0) is 29.6. The summed E-state index contributed by atoms with van der Waals surface area (Å²) in [4.78, 5) is 13.1. The van der Waals surface area contributed by atoms with Crippen molar-refractivity contribution in [3.8, 4) is 22.3 Å². The highest BCUT2D eigenvalue weighted by atomic mass is 32.1. The van der Waals surface area contributed by atoms with E-state index in [9.17, 15) is 4.79 Å². The molecule has 0 saturated heterocycles. The van der Waals surface area contributed by atoms with Crippen LogP contribution in [0.4, 0.5) is 0 Å². The van der Waals surface area contributed by atoms with Crippen LogP contribution in [0.3, 0.4) is 0 Å². The quantitative estimate of drug-likeness (QED) is 0.187. The summed E-state index contributed by atoms with van der Waals surface area (Å²) < 4.78 is 9.44. The Bertz CT molecular complexity index is 2870. The van der Waals surface area contributed by atoms with E-state index >= 15 is 0 Å². The molecule has 0 atom stereocenters. The molecular formula is C41H23NO2S. The third-order valence-corrected chi connectivity index (χ3v) is 10.3. The second-order valence-electron chi connectivity index (χ2n) is 11.7. The van der Waals surface area contributed by atoms with Gasteiger partial charge in [-0.25, -0.2) is 0 Å². The van der Waals surface area contributed by atoms with E-state index in [0.717, 1.165) is 54.4 Å². The van der Waals surface area contributed by atoms with Crippen molar-refractivity contribution < 1.29 is 4.42 Å². The summed E-state index contributed by atoms with van der Waals surface area (Å²) in [6.07, 6.45) is 1.96. The van der Waals surface area contributed by atoms with Gasteiger partial charge in [-0.05, 0) is 91.5 Å². The fraction of sp³-hybridized carbons (Fsp3) is 0. The van der Waals surface area contributed by atoms with Gasteiger partial charge in [-0.3, -0.25) is 4.79 Å². The second kappa shape index (κ2) is 9.15. The maximum absolute atomic E-state index is 13.1. The van der Waals surface area contributed by atoms with E-state index < -0.39 is 0 Å². The molecule has 0 N–H and O–H groups in total. The Kier molecular flexibility index (Phi) is 5.02. The van der Waals surface area contributed by atoms with E-state index in [1.165, 1.54) is 43.7 Å². The van der Waals surface area contributed by atoms with E-state index in [2.05, 4.69) is 109 Å². The maximum atomic E-state index is 13.1. The van der Waals surface area contributed by atoms with Gasteiger partial charge in [0.05, 0.1) is 10.2 Å². The first kappa shape index (κ1) is 24.7. The molecule has 0 saturated carbocycles. The summed E-state index contributed by atoms with van der Waals surface area (Å²) >= 11 is 1.31. The summed E-state index contributed by atoms with van der Waals surface area (Å²) in [5, 5.41) is 9.72. The predicted octanol–water partition coefficient (Wildman–Crippen LogP) is 11.2. The molecule has 0 fully saturated rings. The Morgan fingerprint density at radius 2 is 1.11 bits per heavy atom. The average Bonchev–Trinajstić information content (AvgIpc) is 3.74. The number of nitrogens with zero attached hydrogens (tertiary/aromatic N) is 1. The molecule has 10 aromatic rings. The third kappa shape index (κ3) is 3.48. The van der Waals surface area contributed by atoms with Crippen LogP contribution in [0, 0.1) is 0 Å². The van der Waals surface area contributed by atoms with Crippen LogP contribution in [-0.2, 0) is 0 Å². The molecule has 3 nitrogen and oxygen atoms in total. The fourth-order valence-electron chi connectivity index (χ4n) is 7.25. The molecule has 0 spiro atoms. The van der Waals surface area contributed by atoms with Crippen LogP contribution in [-0.4, -0.2) is 4.40 Å². The predicted molar refractivity (Wildman–Crippen MR) is 190 cm³/mol. The normalized spacial score (nSPS) is 12.1. The van der Waals surface area contributed by atoms with Crippen LogP contribution in [0.5, 0.6) is 0 Å². The first-order valence-corrected chi connectivity index (χ1v) is 15.9. The van der Waals surface area contributed by atoms with E-state index in [0.29, 0.717) is 5.52 Å². The molecule has 0 aliphatic carbocycles. The van der Waals surface area contributed by atoms with Gasteiger partial charge in [-0.1, -0.05) is 102 Å². The smallest absolute Gasteiger partial charge is 0.256 e. The summed E-state index contributed by atoms with van der Waals surface area (Å²) in [7, 11) is 0. The van der Waals surface area contributed by atoms with Gasteiger partial charge in [0.15, 0.2) is 0 Å². The Morgan fingerprint density at radius 1 is 0.489 bits per heavy atom. The van der Waals surface area contributed by atoms with Gasteiger partial charge < -0.3 is 8.82 Å². The number of aromatic nitrogens is 1. The molecular weight excluding hydrogens is 571 g/mol. The van der Waals surface area contributed by atoms with Crippen molar-refractivity contribution in [1.82, 2.24) is 4.40 Å².